The summed E-state index contributed by atoms with van der Waals surface area (Å²) < 4.78 is 26.2. The molecule has 0 aliphatic carbocycles. The topological polar surface area (TPSA) is 95.0 Å². The highest BCUT2D eigenvalue weighted by molar-refractivity contribution is 7.89. The number of fused-ring (bicyclic) bond motifs is 1. The van der Waals surface area contributed by atoms with Crippen LogP contribution >= 0.6 is 0 Å². The van der Waals surface area contributed by atoms with Crippen molar-refractivity contribution in [3.05, 3.63) is 23.8 Å². The first kappa shape index (κ1) is 16.4. The van der Waals surface area contributed by atoms with Crippen LogP contribution < -0.4 is 4.90 Å². The van der Waals surface area contributed by atoms with Crippen molar-refractivity contribution in [2.75, 3.05) is 18.5 Å². The molecular weight excluding hydrogens is 308 g/mol. The summed E-state index contributed by atoms with van der Waals surface area (Å²) in [5.74, 6) is -1.32. The number of rotatable bonds is 5. The van der Waals surface area contributed by atoms with Crippen molar-refractivity contribution >= 4 is 27.6 Å². The summed E-state index contributed by atoms with van der Waals surface area (Å²) in [5.41, 5.74) is 1.31. The van der Waals surface area contributed by atoms with Gasteiger partial charge in [-0.2, -0.15) is 4.31 Å². The lowest BCUT2D eigenvalue weighted by Crippen LogP contribution is -2.40. The van der Waals surface area contributed by atoms with Crippen LogP contribution in [0, 0.1) is 0 Å². The van der Waals surface area contributed by atoms with E-state index in [1.54, 1.807) is 27.0 Å². The largest absolute Gasteiger partial charge is 0.480 e. The number of carbonyl (C=O) groups excluding carboxylic acids is 1. The van der Waals surface area contributed by atoms with E-state index in [1.807, 2.05) is 0 Å². The predicted molar refractivity (Wildman–Crippen MR) is 80.2 cm³/mol. The fraction of sp³-hybridized carbons (Fsp3) is 0.429. The van der Waals surface area contributed by atoms with Crippen molar-refractivity contribution in [2.24, 2.45) is 0 Å². The normalized spacial score (nSPS) is 14.8. The Morgan fingerprint density at radius 3 is 2.59 bits per heavy atom. The van der Waals surface area contributed by atoms with Crippen LogP contribution in [-0.2, 0) is 26.0 Å². The molecule has 1 amide bonds. The van der Waals surface area contributed by atoms with Crippen molar-refractivity contribution in [3.63, 3.8) is 0 Å². The number of carbonyl (C=O) groups is 2. The van der Waals surface area contributed by atoms with Gasteiger partial charge in [-0.25, -0.2) is 8.42 Å². The summed E-state index contributed by atoms with van der Waals surface area (Å²) in [6.07, 6.45) is 0.149. The van der Waals surface area contributed by atoms with Crippen molar-refractivity contribution in [2.45, 2.75) is 31.2 Å². The van der Waals surface area contributed by atoms with Crippen molar-refractivity contribution in [1.82, 2.24) is 4.31 Å². The number of carboxylic acid groups (broad SMARTS) is 1. The van der Waals surface area contributed by atoms with E-state index in [1.165, 1.54) is 17.0 Å². The van der Waals surface area contributed by atoms with Crippen molar-refractivity contribution in [1.29, 1.82) is 0 Å². The van der Waals surface area contributed by atoms with Gasteiger partial charge in [0.15, 0.2) is 0 Å². The maximum atomic E-state index is 12.6. The van der Waals surface area contributed by atoms with Gasteiger partial charge < -0.3 is 10.0 Å². The summed E-state index contributed by atoms with van der Waals surface area (Å²) in [6, 6.07) is 3.94. The molecule has 1 aliphatic heterocycles. The van der Waals surface area contributed by atoms with E-state index < -0.39 is 28.6 Å². The number of hydrogen-bond donors (Lipinski definition) is 1. The summed E-state index contributed by atoms with van der Waals surface area (Å²) in [5, 5.41) is 8.91. The molecule has 1 aromatic carbocycles. The molecule has 0 saturated heterocycles. The second-order valence-electron chi connectivity index (χ2n) is 5.46. The molecule has 0 fully saturated rings. The lowest BCUT2D eigenvalue weighted by molar-refractivity contribution is -0.137. The minimum atomic E-state index is -3.93. The van der Waals surface area contributed by atoms with E-state index in [4.69, 9.17) is 5.11 Å². The molecule has 1 N–H and O–H groups in total. The monoisotopic (exact) mass is 326 g/mol. The molecule has 120 valence electrons. The average Bonchev–Trinajstić information content (AvgIpc) is 2.70. The third-order valence-corrected chi connectivity index (χ3v) is 5.62. The van der Waals surface area contributed by atoms with E-state index in [-0.39, 0.29) is 17.2 Å². The fourth-order valence-electron chi connectivity index (χ4n) is 2.42. The minimum absolute atomic E-state index is 0.00398. The number of carboxylic acids is 1. The summed E-state index contributed by atoms with van der Waals surface area (Å²) >= 11 is 0. The van der Waals surface area contributed by atoms with Gasteiger partial charge in [0.2, 0.25) is 15.9 Å². The molecule has 1 aromatic rings. The predicted octanol–water partition coefficient (Wildman–Crippen LogP) is 0.689. The van der Waals surface area contributed by atoms with E-state index in [2.05, 4.69) is 0 Å². The molecule has 1 heterocycles. The van der Waals surface area contributed by atoms with Crippen molar-refractivity contribution < 1.29 is 23.1 Å². The quantitative estimate of drug-likeness (QED) is 0.859. The summed E-state index contributed by atoms with van der Waals surface area (Å²) in [7, 11) is -2.30. The molecule has 7 nitrogen and oxygen atoms in total. The van der Waals surface area contributed by atoms with E-state index in [9.17, 15) is 18.0 Å². The Balaban J connectivity index is 2.44. The van der Waals surface area contributed by atoms with Gasteiger partial charge in [-0.1, -0.05) is 0 Å². The van der Waals surface area contributed by atoms with Gasteiger partial charge in [0.1, 0.15) is 6.54 Å². The van der Waals surface area contributed by atoms with Gasteiger partial charge in [0.05, 0.1) is 11.3 Å². The minimum Gasteiger partial charge on any atom is -0.480 e. The molecule has 22 heavy (non-hydrogen) atoms. The number of sulfonamides is 1. The Morgan fingerprint density at radius 2 is 2.05 bits per heavy atom. The molecule has 0 aromatic heterocycles. The molecule has 2 rings (SSSR count). The molecule has 0 unspecified atom stereocenters. The molecule has 8 heteroatoms. The first-order chi connectivity index (χ1) is 10.1. The van der Waals surface area contributed by atoms with Crippen molar-refractivity contribution in [3.8, 4) is 0 Å². The van der Waals surface area contributed by atoms with E-state index in [0.717, 1.165) is 4.31 Å². The molecule has 1 aliphatic rings. The highest BCUT2D eigenvalue weighted by atomic mass is 32.2. The van der Waals surface area contributed by atoms with Gasteiger partial charge in [-0.05, 0) is 37.6 Å². The van der Waals surface area contributed by atoms with Crippen LogP contribution in [0.5, 0.6) is 0 Å². The molecule has 0 atom stereocenters. The van der Waals surface area contributed by atoms with E-state index >= 15 is 0 Å². The Hall–Kier alpha value is -1.93. The van der Waals surface area contributed by atoms with Gasteiger partial charge in [-0.3, -0.25) is 9.59 Å². The van der Waals surface area contributed by atoms with Crippen LogP contribution in [-0.4, -0.2) is 49.3 Å². The zero-order chi connectivity index (χ0) is 16.7. The van der Waals surface area contributed by atoms with Gasteiger partial charge in [-0.15, -0.1) is 0 Å². The van der Waals surface area contributed by atoms with Crippen LogP contribution in [0.25, 0.3) is 0 Å². The Labute approximate surface area is 129 Å². The number of likely N-dealkylation sites (N-methyl/N-ethyl adjacent to an activating group) is 1. The first-order valence-corrected chi connectivity index (χ1v) is 8.21. The standard InChI is InChI=1S/C14H18N2O5S/c1-9(2)16(8-14(18)19)22(20,21)11-4-5-12-10(6-11)7-13(17)15(12)3/h4-6,9H,7-8H2,1-3H3,(H,18,19). The van der Waals surface area contributed by atoms with Crippen LogP contribution in [0.15, 0.2) is 23.1 Å². The number of amides is 1. The number of hydrogen-bond acceptors (Lipinski definition) is 4. The SMILES string of the molecule is CC(C)N(CC(=O)O)S(=O)(=O)c1ccc2c(c1)CC(=O)N2C. The highest BCUT2D eigenvalue weighted by Gasteiger charge is 2.31. The summed E-state index contributed by atoms with van der Waals surface area (Å²) in [4.78, 5) is 24.1. The second kappa shape index (κ2) is 5.69. The number of benzene rings is 1. The fourth-order valence-corrected chi connectivity index (χ4v) is 4.06. The number of aliphatic carboxylic acids is 1. The van der Waals surface area contributed by atoms with Gasteiger partial charge in [0.25, 0.3) is 0 Å². The molecule has 0 bridgehead atoms. The average molecular weight is 326 g/mol. The zero-order valence-electron chi connectivity index (χ0n) is 12.6. The maximum absolute atomic E-state index is 12.6. The maximum Gasteiger partial charge on any atom is 0.318 e. The third kappa shape index (κ3) is 2.84. The summed E-state index contributed by atoms with van der Waals surface area (Å²) in [6.45, 7) is 2.63. The number of nitrogens with zero attached hydrogens (tertiary/aromatic N) is 2. The van der Waals surface area contributed by atoms with Gasteiger partial charge >= 0.3 is 5.97 Å². The smallest absolute Gasteiger partial charge is 0.318 e. The third-order valence-electron chi connectivity index (χ3n) is 3.60. The zero-order valence-corrected chi connectivity index (χ0v) is 13.4. The van der Waals surface area contributed by atoms with Crippen LogP contribution in [0.2, 0.25) is 0 Å². The van der Waals surface area contributed by atoms with Crippen LogP contribution in [0.1, 0.15) is 19.4 Å². The second-order valence-corrected chi connectivity index (χ2v) is 7.35. The lowest BCUT2D eigenvalue weighted by atomic mass is 10.2. The highest BCUT2D eigenvalue weighted by Crippen LogP contribution is 2.31. The molecule has 0 radical (unpaired) electrons. The van der Waals surface area contributed by atoms with Crippen LogP contribution in [0.4, 0.5) is 5.69 Å². The Bertz CT molecular complexity index is 727. The Kier molecular flexibility index (Phi) is 4.25. The lowest BCUT2D eigenvalue weighted by Gasteiger charge is -2.24. The first-order valence-electron chi connectivity index (χ1n) is 6.77. The molecule has 0 saturated carbocycles. The van der Waals surface area contributed by atoms with E-state index in [0.29, 0.717) is 11.3 Å². The van der Waals surface area contributed by atoms with Gasteiger partial charge in [0, 0.05) is 18.8 Å². The Morgan fingerprint density at radius 1 is 1.41 bits per heavy atom. The molecule has 0 spiro atoms. The molecular formula is C14H18N2O5S. The number of anilines is 1. The van der Waals surface area contributed by atoms with Crippen LogP contribution in [0.3, 0.4) is 0 Å².